The van der Waals surface area contributed by atoms with Gasteiger partial charge in [0, 0.05) is 30.9 Å². The lowest BCUT2D eigenvalue weighted by atomic mass is 10.1. The van der Waals surface area contributed by atoms with Gasteiger partial charge in [0.05, 0.1) is 0 Å². The summed E-state index contributed by atoms with van der Waals surface area (Å²) in [5.41, 5.74) is 1.41. The molecular weight excluding hydrogens is 255 g/mol. The molecule has 0 amide bonds. The van der Waals surface area contributed by atoms with Crippen molar-refractivity contribution in [2.24, 2.45) is 0 Å². The van der Waals surface area contributed by atoms with Crippen molar-refractivity contribution in [2.45, 2.75) is 26.3 Å². The van der Waals surface area contributed by atoms with Crippen LogP contribution in [-0.2, 0) is 13.0 Å². The quantitative estimate of drug-likeness (QED) is 0.868. The Morgan fingerprint density at radius 1 is 1.35 bits per heavy atom. The summed E-state index contributed by atoms with van der Waals surface area (Å²) in [6.07, 6.45) is 5.58. The minimum Gasteiger partial charge on any atom is -0.384 e. The highest BCUT2D eigenvalue weighted by Crippen LogP contribution is 2.12. The van der Waals surface area contributed by atoms with Crippen LogP contribution in [0, 0.1) is 17.7 Å². The Balaban J connectivity index is 2.24. The van der Waals surface area contributed by atoms with Crippen LogP contribution in [0.1, 0.15) is 30.3 Å². The van der Waals surface area contributed by atoms with E-state index in [0.29, 0.717) is 12.1 Å². The largest absolute Gasteiger partial charge is 0.384 e. The molecule has 2 aromatic rings. The predicted octanol–water partition coefficient (Wildman–Crippen LogP) is 2.37. The van der Waals surface area contributed by atoms with Crippen molar-refractivity contribution in [1.82, 2.24) is 9.55 Å². The van der Waals surface area contributed by atoms with Crippen LogP contribution in [0.25, 0.3) is 0 Å². The Hall–Kier alpha value is -2.12. The number of nitrogens with zero attached hydrogens (tertiary/aromatic N) is 2. The van der Waals surface area contributed by atoms with Gasteiger partial charge in [-0.2, -0.15) is 0 Å². The molecule has 0 fully saturated rings. The van der Waals surface area contributed by atoms with E-state index in [4.69, 9.17) is 5.11 Å². The third-order valence-corrected chi connectivity index (χ3v) is 2.90. The minimum absolute atomic E-state index is 0.228. The van der Waals surface area contributed by atoms with Crippen molar-refractivity contribution in [1.29, 1.82) is 0 Å². The van der Waals surface area contributed by atoms with Crippen molar-refractivity contribution in [2.75, 3.05) is 6.61 Å². The first-order valence-corrected chi connectivity index (χ1v) is 6.62. The molecule has 4 heteroatoms. The summed E-state index contributed by atoms with van der Waals surface area (Å²) < 4.78 is 15.6. The molecule has 0 unspecified atom stereocenters. The fourth-order valence-corrected chi connectivity index (χ4v) is 2.09. The zero-order chi connectivity index (χ0) is 14.4. The van der Waals surface area contributed by atoms with E-state index in [-0.39, 0.29) is 12.4 Å². The first kappa shape index (κ1) is 14.3. The van der Waals surface area contributed by atoms with Crippen LogP contribution >= 0.6 is 0 Å². The molecule has 0 aliphatic carbocycles. The molecule has 0 aliphatic heterocycles. The monoisotopic (exact) mass is 272 g/mol. The van der Waals surface area contributed by atoms with E-state index in [9.17, 15) is 4.39 Å². The van der Waals surface area contributed by atoms with Gasteiger partial charge in [-0.3, -0.25) is 0 Å². The fourth-order valence-electron chi connectivity index (χ4n) is 2.09. The van der Waals surface area contributed by atoms with E-state index in [0.717, 1.165) is 24.2 Å². The summed E-state index contributed by atoms with van der Waals surface area (Å²) in [5.74, 6) is 5.94. The Morgan fingerprint density at radius 2 is 2.20 bits per heavy atom. The second-order valence-corrected chi connectivity index (χ2v) is 4.53. The van der Waals surface area contributed by atoms with Gasteiger partial charge in [0.2, 0.25) is 0 Å². The maximum Gasteiger partial charge on any atom is 0.124 e. The first-order valence-electron chi connectivity index (χ1n) is 6.62. The third-order valence-electron chi connectivity index (χ3n) is 2.90. The van der Waals surface area contributed by atoms with Gasteiger partial charge >= 0.3 is 0 Å². The van der Waals surface area contributed by atoms with Gasteiger partial charge < -0.3 is 9.67 Å². The number of aromatic nitrogens is 2. The second-order valence-electron chi connectivity index (χ2n) is 4.53. The van der Waals surface area contributed by atoms with Gasteiger partial charge in [-0.15, -0.1) is 0 Å². The molecule has 1 heterocycles. The Bertz CT molecular complexity index is 637. The number of imidazole rings is 1. The molecule has 0 radical (unpaired) electrons. The second kappa shape index (κ2) is 6.88. The highest BCUT2D eigenvalue weighted by molar-refractivity contribution is 5.38. The molecule has 1 aromatic heterocycles. The standard InChI is InChI=1S/C16H17FN2O/c1-2-4-16-18-6-7-19(16)12-14-9-13(5-3-8-20)10-15(17)11-14/h6-7,9-11,20H,2,4,8,12H2,1H3. The van der Waals surface area contributed by atoms with Crippen molar-refractivity contribution < 1.29 is 9.50 Å². The van der Waals surface area contributed by atoms with Gasteiger partial charge in [0.15, 0.2) is 0 Å². The van der Waals surface area contributed by atoms with Crippen LogP contribution in [0.15, 0.2) is 30.6 Å². The van der Waals surface area contributed by atoms with E-state index in [1.165, 1.54) is 12.1 Å². The molecule has 0 bridgehead atoms. The highest BCUT2D eigenvalue weighted by Gasteiger charge is 2.05. The molecule has 0 saturated carbocycles. The van der Waals surface area contributed by atoms with Gasteiger partial charge in [-0.1, -0.05) is 18.8 Å². The Labute approximate surface area is 118 Å². The number of halogens is 1. The third kappa shape index (κ3) is 3.69. The summed E-state index contributed by atoms with van der Waals surface area (Å²) in [7, 11) is 0. The van der Waals surface area contributed by atoms with Crippen molar-refractivity contribution in [3.8, 4) is 11.8 Å². The van der Waals surface area contributed by atoms with Crippen LogP contribution in [0.3, 0.4) is 0 Å². The molecule has 1 aromatic carbocycles. The molecule has 104 valence electrons. The maximum absolute atomic E-state index is 13.6. The van der Waals surface area contributed by atoms with Crippen LogP contribution in [0.5, 0.6) is 0 Å². The number of aliphatic hydroxyl groups excluding tert-OH is 1. The van der Waals surface area contributed by atoms with Gasteiger partial charge in [0.1, 0.15) is 18.2 Å². The van der Waals surface area contributed by atoms with Gasteiger partial charge in [-0.05, 0) is 30.2 Å². The van der Waals surface area contributed by atoms with Crippen molar-refractivity contribution in [3.63, 3.8) is 0 Å². The molecule has 0 atom stereocenters. The van der Waals surface area contributed by atoms with Gasteiger partial charge in [0.25, 0.3) is 0 Å². The summed E-state index contributed by atoms with van der Waals surface area (Å²) >= 11 is 0. The number of aliphatic hydroxyl groups is 1. The lowest BCUT2D eigenvalue weighted by molar-refractivity contribution is 0.350. The van der Waals surface area contributed by atoms with Crippen LogP contribution in [0.2, 0.25) is 0 Å². The van der Waals surface area contributed by atoms with Crippen molar-refractivity contribution in [3.05, 3.63) is 53.4 Å². The van der Waals surface area contributed by atoms with E-state index in [1.807, 2.05) is 16.8 Å². The molecule has 1 N–H and O–H groups in total. The molecule has 2 rings (SSSR count). The number of hydrogen-bond donors (Lipinski definition) is 1. The molecular formula is C16H17FN2O. The minimum atomic E-state index is -0.318. The Kier molecular flexibility index (Phi) is 4.91. The summed E-state index contributed by atoms with van der Waals surface area (Å²) in [5, 5.41) is 8.69. The topological polar surface area (TPSA) is 38.0 Å². The lowest BCUT2D eigenvalue weighted by Crippen LogP contribution is -2.04. The van der Waals surface area contributed by atoms with E-state index in [2.05, 4.69) is 23.7 Å². The number of rotatable bonds is 4. The zero-order valence-corrected chi connectivity index (χ0v) is 11.4. The van der Waals surface area contributed by atoms with Crippen LogP contribution in [0.4, 0.5) is 4.39 Å². The van der Waals surface area contributed by atoms with E-state index in [1.54, 1.807) is 6.20 Å². The first-order chi connectivity index (χ1) is 9.72. The summed E-state index contributed by atoms with van der Waals surface area (Å²) in [6.45, 7) is 2.44. The van der Waals surface area contributed by atoms with Crippen LogP contribution in [-0.4, -0.2) is 21.3 Å². The van der Waals surface area contributed by atoms with E-state index >= 15 is 0 Å². The van der Waals surface area contributed by atoms with E-state index < -0.39 is 0 Å². The molecule has 0 aliphatic rings. The van der Waals surface area contributed by atoms with Crippen molar-refractivity contribution >= 4 is 0 Å². The maximum atomic E-state index is 13.6. The lowest BCUT2D eigenvalue weighted by Gasteiger charge is -2.08. The smallest absolute Gasteiger partial charge is 0.124 e. The molecule has 20 heavy (non-hydrogen) atoms. The highest BCUT2D eigenvalue weighted by atomic mass is 19.1. The number of benzene rings is 1. The average Bonchev–Trinajstić information content (AvgIpc) is 2.84. The van der Waals surface area contributed by atoms with Crippen LogP contribution < -0.4 is 0 Å². The predicted molar refractivity (Wildman–Crippen MR) is 75.7 cm³/mol. The number of aryl methyl sites for hydroxylation is 1. The normalized spacial score (nSPS) is 10.2. The number of hydrogen-bond acceptors (Lipinski definition) is 2. The zero-order valence-electron chi connectivity index (χ0n) is 11.4. The molecule has 3 nitrogen and oxygen atoms in total. The summed E-state index contributed by atoms with van der Waals surface area (Å²) in [4.78, 5) is 4.30. The Morgan fingerprint density at radius 3 is 2.95 bits per heavy atom. The fraction of sp³-hybridized carbons (Fsp3) is 0.312. The average molecular weight is 272 g/mol. The molecule has 0 saturated heterocycles. The summed E-state index contributed by atoms with van der Waals surface area (Å²) in [6, 6.07) is 4.70. The van der Waals surface area contributed by atoms with Gasteiger partial charge in [-0.25, -0.2) is 9.37 Å². The SMILES string of the molecule is CCCc1nccn1Cc1cc(F)cc(C#CCO)c1. The molecule has 0 spiro atoms.